The number of carbonyl (C=O) groups is 3. The lowest BCUT2D eigenvalue weighted by Crippen LogP contribution is -2.51. The number of pyridine rings is 1. The van der Waals surface area contributed by atoms with Crippen molar-refractivity contribution >= 4 is 35.0 Å². The van der Waals surface area contributed by atoms with E-state index in [-0.39, 0.29) is 23.6 Å². The average molecular weight is 539 g/mol. The number of hydrogen-bond acceptors (Lipinski definition) is 5. The van der Waals surface area contributed by atoms with E-state index in [1.165, 1.54) is 5.56 Å². The lowest BCUT2D eigenvalue weighted by atomic mass is 10.0. The van der Waals surface area contributed by atoms with Crippen molar-refractivity contribution < 1.29 is 14.4 Å². The van der Waals surface area contributed by atoms with E-state index in [1.54, 1.807) is 12.1 Å². The summed E-state index contributed by atoms with van der Waals surface area (Å²) in [5.74, 6) is 0.681. The first-order chi connectivity index (χ1) is 18.1. The molecular weight excluding hydrogens is 500 g/mol. The molecule has 2 aromatic rings. The summed E-state index contributed by atoms with van der Waals surface area (Å²) in [6.07, 6.45) is 3.83. The summed E-state index contributed by atoms with van der Waals surface area (Å²) in [7, 11) is 0. The molecule has 2 fully saturated rings. The highest BCUT2D eigenvalue weighted by molar-refractivity contribution is 6.31. The van der Waals surface area contributed by atoms with E-state index in [9.17, 15) is 14.4 Å². The number of hydrogen-bond donors (Lipinski definition) is 1. The van der Waals surface area contributed by atoms with Gasteiger partial charge in [0.25, 0.3) is 0 Å². The molecule has 2 amide bonds. The number of nitrogens with zero attached hydrogens (tertiary/aromatic N) is 3. The van der Waals surface area contributed by atoms with E-state index in [2.05, 4.69) is 41.2 Å². The molecule has 0 spiro atoms. The average Bonchev–Trinajstić information content (AvgIpc) is 3.26. The Hall–Kier alpha value is -2.77. The summed E-state index contributed by atoms with van der Waals surface area (Å²) in [6, 6.07) is 9.09. The zero-order valence-electron chi connectivity index (χ0n) is 22.9. The van der Waals surface area contributed by atoms with Crippen LogP contribution in [0.1, 0.15) is 79.6 Å². The van der Waals surface area contributed by atoms with Gasteiger partial charge in [-0.2, -0.15) is 0 Å². The number of aryl methyl sites for hydroxylation is 2. The molecule has 1 N–H and O–H groups in total. The topological polar surface area (TPSA) is 82.6 Å². The SMILES string of the molecule is Cc1cc(C(=O)CCC(C)C)cc(NC(=O)[C@H]2CCC(=O)N2C2CCN(Cc3ccc(Cl)c(C)c3)CC2)n1. The molecule has 0 unspecified atom stereocenters. The van der Waals surface area contributed by atoms with Crippen LogP contribution >= 0.6 is 11.6 Å². The van der Waals surface area contributed by atoms with Gasteiger partial charge in [0, 0.05) is 54.8 Å². The highest BCUT2D eigenvalue weighted by atomic mass is 35.5. The van der Waals surface area contributed by atoms with E-state index in [1.807, 2.05) is 24.8 Å². The molecule has 2 aliphatic heterocycles. The standard InChI is InChI=1S/C30H39ClN4O3/c1-19(2)5-9-27(36)23-16-21(4)32-28(17-23)33-30(38)26-8-10-29(37)35(26)24-11-13-34(14-12-24)18-22-6-7-25(31)20(3)15-22/h6-7,15-17,19,24,26H,5,8-14,18H2,1-4H3,(H,32,33,38)/t26-/m1/s1. The minimum Gasteiger partial charge on any atom is -0.328 e. The minimum absolute atomic E-state index is 0.0404. The molecule has 1 atom stereocenters. The maximum atomic E-state index is 13.3. The van der Waals surface area contributed by atoms with Gasteiger partial charge in [-0.3, -0.25) is 19.3 Å². The number of aromatic nitrogens is 1. The minimum atomic E-state index is -0.514. The van der Waals surface area contributed by atoms with E-state index >= 15 is 0 Å². The fraction of sp³-hybridized carbons (Fsp3) is 0.533. The molecule has 0 radical (unpaired) electrons. The lowest BCUT2D eigenvalue weighted by molar-refractivity contribution is -0.136. The number of likely N-dealkylation sites (tertiary alicyclic amines) is 2. The van der Waals surface area contributed by atoms with Gasteiger partial charge in [-0.25, -0.2) is 4.98 Å². The summed E-state index contributed by atoms with van der Waals surface area (Å²) in [6.45, 7) is 10.6. The number of ketones is 1. The van der Waals surface area contributed by atoms with Crippen LogP contribution in [0.25, 0.3) is 0 Å². The second kappa shape index (κ2) is 12.4. The van der Waals surface area contributed by atoms with Gasteiger partial charge in [-0.05, 0) is 74.8 Å². The summed E-state index contributed by atoms with van der Waals surface area (Å²) in [5.41, 5.74) is 3.55. The summed E-state index contributed by atoms with van der Waals surface area (Å²) >= 11 is 6.17. The monoisotopic (exact) mass is 538 g/mol. The molecule has 1 aromatic heterocycles. The molecule has 2 aliphatic rings. The second-order valence-electron chi connectivity index (χ2n) is 11.2. The van der Waals surface area contributed by atoms with Crippen LogP contribution < -0.4 is 5.32 Å². The maximum Gasteiger partial charge on any atom is 0.248 e. The van der Waals surface area contributed by atoms with Crippen LogP contribution in [-0.4, -0.2) is 57.6 Å². The van der Waals surface area contributed by atoms with Crippen LogP contribution in [0.2, 0.25) is 5.02 Å². The van der Waals surface area contributed by atoms with Gasteiger partial charge < -0.3 is 10.2 Å². The fourth-order valence-corrected chi connectivity index (χ4v) is 5.62. The Morgan fingerprint density at radius 3 is 2.53 bits per heavy atom. The van der Waals surface area contributed by atoms with E-state index in [0.29, 0.717) is 42.3 Å². The fourth-order valence-electron chi connectivity index (χ4n) is 5.50. The molecule has 38 heavy (non-hydrogen) atoms. The first kappa shape index (κ1) is 28.2. The molecule has 1 aromatic carbocycles. The van der Waals surface area contributed by atoms with Crippen LogP contribution in [0.5, 0.6) is 0 Å². The molecule has 4 rings (SSSR count). The van der Waals surface area contributed by atoms with Crippen molar-refractivity contribution in [1.29, 1.82) is 0 Å². The Kier molecular flexibility index (Phi) is 9.21. The van der Waals surface area contributed by atoms with E-state index in [4.69, 9.17) is 11.6 Å². The molecule has 0 bridgehead atoms. The smallest absolute Gasteiger partial charge is 0.248 e. The van der Waals surface area contributed by atoms with Gasteiger partial charge in [0.1, 0.15) is 11.9 Å². The molecule has 0 saturated carbocycles. The molecule has 8 heteroatoms. The molecular formula is C30H39ClN4O3. The first-order valence-corrected chi connectivity index (χ1v) is 14.1. The largest absolute Gasteiger partial charge is 0.328 e. The highest BCUT2D eigenvalue weighted by Gasteiger charge is 2.41. The summed E-state index contributed by atoms with van der Waals surface area (Å²) in [5, 5.41) is 3.69. The van der Waals surface area contributed by atoms with Gasteiger partial charge in [0.15, 0.2) is 5.78 Å². The third-order valence-electron chi connectivity index (χ3n) is 7.61. The number of Topliss-reactive ketones (excluding diaryl/α,β-unsaturated/α-hetero) is 1. The Morgan fingerprint density at radius 2 is 1.84 bits per heavy atom. The molecule has 2 saturated heterocycles. The van der Waals surface area contributed by atoms with Crippen molar-refractivity contribution in [3.63, 3.8) is 0 Å². The van der Waals surface area contributed by atoms with Crippen molar-refractivity contribution in [2.75, 3.05) is 18.4 Å². The maximum absolute atomic E-state index is 13.3. The van der Waals surface area contributed by atoms with Gasteiger partial charge in [-0.1, -0.05) is 37.6 Å². The van der Waals surface area contributed by atoms with Gasteiger partial charge in [-0.15, -0.1) is 0 Å². The second-order valence-corrected chi connectivity index (χ2v) is 11.6. The number of piperidine rings is 1. The van der Waals surface area contributed by atoms with E-state index < -0.39 is 6.04 Å². The lowest BCUT2D eigenvalue weighted by Gasteiger charge is -2.39. The van der Waals surface area contributed by atoms with Crippen molar-refractivity contribution in [2.45, 2.75) is 84.8 Å². The Labute approximate surface area is 230 Å². The third-order valence-corrected chi connectivity index (χ3v) is 8.04. The van der Waals surface area contributed by atoms with Crippen LogP contribution in [0.3, 0.4) is 0 Å². The molecule has 204 valence electrons. The number of nitrogens with one attached hydrogen (secondary N) is 1. The summed E-state index contributed by atoms with van der Waals surface area (Å²) < 4.78 is 0. The van der Waals surface area contributed by atoms with Crippen LogP contribution in [0.15, 0.2) is 30.3 Å². The normalized spacial score (nSPS) is 18.8. The number of halogens is 1. The van der Waals surface area contributed by atoms with Crippen LogP contribution in [0.4, 0.5) is 5.82 Å². The van der Waals surface area contributed by atoms with Crippen molar-refractivity contribution in [3.05, 3.63) is 57.7 Å². The number of benzene rings is 1. The highest BCUT2D eigenvalue weighted by Crippen LogP contribution is 2.29. The quantitative estimate of drug-likeness (QED) is 0.422. The summed E-state index contributed by atoms with van der Waals surface area (Å²) in [4.78, 5) is 47.5. The van der Waals surface area contributed by atoms with Crippen molar-refractivity contribution in [1.82, 2.24) is 14.8 Å². The number of carbonyl (C=O) groups excluding carboxylic acids is 3. The predicted octanol–water partition coefficient (Wildman–Crippen LogP) is 5.56. The first-order valence-electron chi connectivity index (χ1n) is 13.7. The zero-order valence-corrected chi connectivity index (χ0v) is 23.7. The predicted molar refractivity (Wildman–Crippen MR) is 150 cm³/mol. The Bertz CT molecular complexity index is 1190. The van der Waals surface area contributed by atoms with Gasteiger partial charge in [0.05, 0.1) is 0 Å². The molecule has 0 aliphatic carbocycles. The van der Waals surface area contributed by atoms with E-state index in [0.717, 1.165) is 49.5 Å². The van der Waals surface area contributed by atoms with Crippen LogP contribution in [0, 0.1) is 19.8 Å². The third kappa shape index (κ3) is 7.00. The Morgan fingerprint density at radius 1 is 1.11 bits per heavy atom. The zero-order chi connectivity index (χ0) is 27.4. The molecule has 3 heterocycles. The number of rotatable bonds is 9. The van der Waals surface area contributed by atoms with Gasteiger partial charge >= 0.3 is 0 Å². The Balaban J connectivity index is 1.37. The number of amides is 2. The van der Waals surface area contributed by atoms with Gasteiger partial charge in [0.2, 0.25) is 11.8 Å². The molecule has 7 nitrogen and oxygen atoms in total. The van der Waals surface area contributed by atoms with Crippen LogP contribution in [-0.2, 0) is 16.1 Å². The van der Waals surface area contributed by atoms with Crippen molar-refractivity contribution in [2.24, 2.45) is 5.92 Å². The van der Waals surface area contributed by atoms with Crippen molar-refractivity contribution in [3.8, 4) is 0 Å². The number of anilines is 1.